The standard InChI is InChI=1S/C10H12ClN5O2/c1-2-5-16-9(17)8(7(11)6-15-16)13-3-4-14-10(12)18/h1,6,13H,3-5H2,(H3,12,14,18). The molecular formula is C10H12ClN5O2. The molecule has 0 aliphatic carbocycles. The van der Waals surface area contributed by atoms with Crippen LogP contribution in [-0.4, -0.2) is 28.9 Å². The predicted octanol–water partition coefficient (Wildman–Crippen LogP) is -0.390. The van der Waals surface area contributed by atoms with Crippen molar-refractivity contribution in [2.45, 2.75) is 6.54 Å². The van der Waals surface area contributed by atoms with Gasteiger partial charge in [0.2, 0.25) is 0 Å². The summed E-state index contributed by atoms with van der Waals surface area (Å²) < 4.78 is 1.11. The summed E-state index contributed by atoms with van der Waals surface area (Å²) >= 11 is 5.84. The minimum atomic E-state index is -0.637. The molecule has 0 bridgehead atoms. The molecule has 8 heteroatoms. The Kier molecular flexibility index (Phi) is 5.02. The van der Waals surface area contributed by atoms with E-state index in [0.717, 1.165) is 4.68 Å². The van der Waals surface area contributed by atoms with E-state index in [9.17, 15) is 9.59 Å². The molecule has 4 N–H and O–H groups in total. The van der Waals surface area contributed by atoms with Crippen LogP contribution in [0.15, 0.2) is 11.0 Å². The minimum Gasteiger partial charge on any atom is -0.377 e. The Balaban J connectivity index is 2.76. The van der Waals surface area contributed by atoms with Gasteiger partial charge in [-0.1, -0.05) is 17.5 Å². The topological polar surface area (TPSA) is 102 Å². The van der Waals surface area contributed by atoms with E-state index in [1.54, 1.807) is 0 Å². The van der Waals surface area contributed by atoms with Crippen LogP contribution in [0.4, 0.5) is 10.5 Å². The van der Waals surface area contributed by atoms with Crippen LogP contribution in [0.1, 0.15) is 0 Å². The highest BCUT2D eigenvalue weighted by atomic mass is 35.5. The second-order valence-corrected chi connectivity index (χ2v) is 3.66. The van der Waals surface area contributed by atoms with E-state index in [2.05, 4.69) is 21.7 Å². The third kappa shape index (κ3) is 3.68. The number of carbonyl (C=O) groups excluding carboxylic acids is 1. The lowest BCUT2D eigenvalue weighted by atomic mass is 10.4. The number of rotatable bonds is 5. The highest BCUT2D eigenvalue weighted by molar-refractivity contribution is 6.32. The lowest BCUT2D eigenvalue weighted by Crippen LogP contribution is -2.34. The van der Waals surface area contributed by atoms with E-state index in [0.29, 0.717) is 6.54 Å². The fraction of sp³-hybridized carbons (Fsp3) is 0.300. The van der Waals surface area contributed by atoms with Crippen molar-refractivity contribution >= 4 is 23.3 Å². The fourth-order valence-electron chi connectivity index (χ4n) is 1.20. The normalized spacial score (nSPS) is 9.56. The van der Waals surface area contributed by atoms with Gasteiger partial charge in [0, 0.05) is 13.1 Å². The molecule has 0 aliphatic rings. The van der Waals surface area contributed by atoms with Crippen molar-refractivity contribution in [2.75, 3.05) is 18.4 Å². The van der Waals surface area contributed by atoms with Gasteiger partial charge in [-0.25, -0.2) is 9.48 Å². The number of nitrogens with zero attached hydrogens (tertiary/aromatic N) is 2. The van der Waals surface area contributed by atoms with Crippen LogP contribution >= 0.6 is 11.6 Å². The van der Waals surface area contributed by atoms with Crippen LogP contribution in [-0.2, 0) is 6.54 Å². The number of nitrogens with one attached hydrogen (secondary N) is 2. The molecule has 0 radical (unpaired) electrons. The largest absolute Gasteiger partial charge is 0.377 e. The lowest BCUT2D eigenvalue weighted by molar-refractivity contribution is 0.249. The molecule has 0 spiro atoms. The summed E-state index contributed by atoms with van der Waals surface area (Å²) in [4.78, 5) is 22.3. The smallest absolute Gasteiger partial charge is 0.312 e. The number of amides is 2. The van der Waals surface area contributed by atoms with Crippen LogP contribution in [0, 0.1) is 12.3 Å². The SMILES string of the molecule is C#CCn1ncc(Cl)c(NCCNC(N)=O)c1=O. The highest BCUT2D eigenvalue weighted by Crippen LogP contribution is 2.14. The van der Waals surface area contributed by atoms with Crippen molar-refractivity contribution in [1.82, 2.24) is 15.1 Å². The molecule has 1 aromatic rings. The molecule has 1 rings (SSSR count). The first-order valence-electron chi connectivity index (χ1n) is 5.02. The summed E-state index contributed by atoms with van der Waals surface area (Å²) in [6, 6.07) is -0.637. The molecule has 96 valence electrons. The Labute approximate surface area is 108 Å². The molecule has 0 unspecified atom stereocenters. The molecule has 0 aliphatic heterocycles. The fourth-order valence-corrected chi connectivity index (χ4v) is 1.39. The summed E-state index contributed by atoms with van der Waals surface area (Å²) in [5.74, 6) is 2.31. The lowest BCUT2D eigenvalue weighted by Gasteiger charge is -2.09. The van der Waals surface area contributed by atoms with Gasteiger partial charge in [-0.15, -0.1) is 6.42 Å². The molecule has 18 heavy (non-hydrogen) atoms. The summed E-state index contributed by atoms with van der Waals surface area (Å²) in [5.41, 5.74) is 4.66. The molecular weight excluding hydrogens is 258 g/mol. The molecule has 0 saturated heterocycles. The number of primary amides is 1. The third-order valence-electron chi connectivity index (χ3n) is 1.96. The highest BCUT2D eigenvalue weighted by Gasteiger charge is 2.08. The molecule has 0 aromatic carbocycles. The number of anilines is 1. The first-order chi connectivity index (χ1) is 8.56. The Morgan fingerprint density at radius 3 is 2.94 bits per heavy atom. The molecule has 0 saturated carbocycles. The van der Waals surface area contributed by atoms with Gasteiger partial charge >= 0.3 is 6.03 Å². The number of halogens is 1. The number of carbonyl (C=O) groups is 1. The van der Waals surface area contributed by atoms with Crippen molar-refractivity contribution in [3.8, 4) is 12.3 Å². The van der Waals surface area contributed by atoms with Crippen LogP contribution in [0.3, 0.4) is 0 Å². The van der Waals surface area contributed by atoms with Crippen LogP contribution in [0.2, 0.25) is 5.02 Å². The number of nitrogens with two attached hydrogens (primary N) is 1. The van der Waals surface area contributed by atoms with Crippen LogP contribution < -0.4 is 21.9 Å². The maximum absolute atomic E-state index is 11.9. The molecule has 2 amide bonds. The van der Waals surface area contributed by atoms with Crippen molar-refractivity contribution in [1.29, 1.82) is 0 Å². The van der Waals surface area contributed by atoms with E-state index < -0.39 is 11.6 Å². The number of aromatic nitrogens is 2. The Morgan fingerprint density at radius 1 is 1.61 bits per heavy atom. The van der Waals surface area contributed by atoms with Crippen molar-refractivity contribution in [2.24, 2.45) is 5.73 Å². The Morgan fingerprint density at radius 2 is 2.33 bits per heavy atom. The van der Waals surface area contributed by atoms with Gasteiger partial charge in [0.15, 0.2) is 0 Å². The maximum atomic E-state index is 11.9. The maximum Gasteiger partial charge on any atom is 0.312 e. The second kappa shape index (κ2) is 6.51. The zero-order valence-electron chi connectivity index (χ0n) is 9.44. The van der Waals surface area contributed by atoms with Crippen LogP contribution in [0.25, 0.3) is 0 Å². The first kappa shape index (κ1) is 13.9. The zero-order chi connectivity index (χ0) is 13.5. The summed E-state index contributed by atoms with van der Waals surface area (Å²) in [5, 5.41) is 9.13. The molecule has 1 heterocycles. The van der Waals surface area contributed by atoms with Crippen molar-refractivity contribution in [3.63, 3.8) is 0 Å². The first-order valence-corrected chi connectivity index (χ1v) is 5.40. The molecule has 1 aromatic heterocycles. The number of hydrogen-bond donors (Lipinski definition) is 3. The predicted molar refractivity (Wildman–Crippen MR) is 68.4 cm³/mol. The number of urea groups is 1. The monoisotopic (exact) mass is 269 g/mol. The Bertz CT molecular complexity index is 534. The van der Waals surface area contributed by atoms with Gasteiger partial charge in [-0.05, 0) is 0 Å². The van der Waals surface area contributed by atoms with E-state index >= 15 is 0 Å². The van der Waals surface area contributed by atoms with E-state index in [4.69, 9.17) is 23.8 Å². The van der Waals surface area contributed by atoms with Gasteiger partial charge in [-0.2, -0.15) is 5.10 Å². The molecule has 0 fully saturated rings. The van der Waals surface area contributed by atoms with E-state index in [1.807, 2.05) is 0 Å². The van der Waals surface area contributed by atoms with Gasteiger partial charge in [-0.3, -0.25) is 4.79 Å². The summed E-state index contributed by atoms with van der Waals surface area (Å²) in [6.45, 7) is 0.630. The van der Waals surface area contributed by atoms with Crippen molar-refractivity contribution < 1.29 is 4.79 Å². The Hall–Kier alpha value is -2.20. The van der Waals surface area contributed by atoms with Gasteiger partial charge < -0.3 is 16.4 Å². The minimum absolute atomic E-state index is 0.0597. The third-order valence-corrected chi connectivity index (χ3v) is 2.25. The average Bonchev–Trinajstić information content (AvgIpc) is 2.31. The summed E-state index contributed by atoms with van der Waals surface area (Å²) in [6.07, 6.45) is 6.43. The van der Waals surface area contributed by atoms with E-state index in [-0.39, 0.29) is 23.8 Å². The summed E-state index contributed by atoms with van der Waals surface area (Å²) in [7, 11) is 0. The van der Waals surface area contributed by atoms with Gasteiger partial charge in [0.05, 0.1) is 11.2 Å². The van der Waals surface area contributed by atoms with E-state index in [1.165, 1.54) is 6.20 Å². The van der Waals surface area contributed by atoms with Crippen molar-refractivity contribution in [3.05, 3.63) is 21.6 Å². The number of hydrogen-bond acceptors (Lipinski definition) is 4. The number of terminal acetylenes is 1. The zero-order valence-corrected chi connectivity index (χ0v) is 10.2. The van der Waals surface area contributed by atoms with Gasteiger partial charge in [0.1, 0.15) is 12.2 Å². The average molecular weight is 270 g/mol. The van der Waals surface area contributed by atoms with Crippen LogP contribution in [0.5, 0.6) is 0 Å². The second-order valence-electron chi connectivity index (χ2n) is 3.25. The molecule has 0 atom stereocenters. The van der Waals surface area contributed by atoms with Gasteiger partial charge in [0.25, 0.3) is 5.56 Å². The molecule has 7 nitrogen and oxygen atoms in total. The quantitative estimate of drug-likeness (QED) is 0.500.